The molecule has 0 radical (unpaired) electrons. The van der Waals surface area contributed by atoms with Crippen LogP contribution in [0.4, 0.5) is 8.78 Å². The number of hydrogen-bond donors (Lipinski definition) is 0. The van der Waals surface area contributed by atoms with Crippen LogP contribution in [0.15, 0.2) is 24.3 Å². The molecule has 2 aliphatic carbocycles. The molecule has 1 unspecified atom stereocenters. The maximum Gasteiger partial charge on any atom is 0.338 e. The Morgan fingerprint density at radius 2 is 1.60 bits per heavy atom. The number of hydrogen-bond acceptors (Lipinski definition) is 5. The minimum absolute atomic E-state index is 0.0751. The molecule has 1 atom stereocenters. The lowest BCUT2D eigenvalue weighted by Crippen LogP contribution is -2.54. The number of alkyl halides is 2. The fourth-order valence-corrected chi connectivity index (χ4v) is 4.55. The van der Waals surface area contributed by atoms with Gasteiger partial charge in [0.1, 0.15) is 17.3 Å². The summed E-state index contributed by atoms with van der Waals surface area (Å²) < 4.78 is 39.7. The summed E-state index contributed by atoms with van der Waals surface area (Å²) in [5.74, 6) is -7.84. The van der Waals surface area contributed by atoms with E-state index in [0.717, 1.165) is 32.1 Å². The van der Waals surface area contributed by atoms with Crippen molar-refractivity contribution in [2.75, 3.05) is 0 Å². The zero-order valence-electron chi connectivity index (χ0n) is 17.3. The molecule has 1 aromatic carbocycles. The van der Waals surface area contributed by atoms with E-state index in [4.69, 9.17) is 9.47 Å². The van der Waals surface area contributed by atoms with Crippen LogP contribution < -0.4 is 9.84 Å². The number of aliphatic carboxylic acids is 1. The highest BCUT2D eigenvalue weighted by Crippen LogP contribution is 2.37. The third-order valence-electron chi connectivity index (χ3n) is 6.31. The standard InChI is InChI=1S/C23H30F2O5/c1-22(14-6-3-7-15-22)30-18-12-10-17(11-13-18)20(26)29-19(23(24,25)21(27)28)16-8-4-2-5-9-16/h10-13,16,19H,2-9,14-15H2,1H3,(H,27,28)/p-1. The average Bonchev–Trinajstić information content (AvgIpc) is 2.73. The van der Waals surface area contributed by atoms with Gasteiger partial charge in [0.25, 0.3) is 0 Å². The molecular weight excluding hydrogens is 394 g/mol. The van der Waals surface area contributed by atoms with E-state index in [9.17, 15) is 23.5 Å². The van der Waals surface area contributed by atoms with Gasteiger partial charge in [0.05, 0.1) is 5.56 Å². The van der Waals surface area contributed by atoms with Gasteiger partial charge in [0.2, 0.25) is 0 Å². The number of rotatable bonds is 7. The summed E-state index contributed by atoms with van der Waals surface area (Å²) in [4.78, 5) is 23.5. The second kappa shape index (κ2) is 9.31. The fraction of sp³-hybridized carbons (Fsp3) is 0.652. The van der Waals surface area contributed by atoms with Crippen molar-refractivity contribution >= 4 is 11.9 Å². The van der Waals surface area contributed by atoms with Crippen molar-refractivity contribution in [3.8, 4) is 5.75 Å². The first kappa shape index (κ1) is 22.5. The number of benzene rings is 1. The minimum atomic E-state index is -4.24. The highest BCUT2D eigenvalue weighted by molar-refractivity contribution is 5.90. The van der Waals surface area contributed by atoms with Crippen LogP contribution in [0.3, 0.4) is 0 Å². The quantitative estimate of drug-likeness (QED) is 0.612. The lowest BCUT2D eigenvalue weighted by molar-refractivity contribution is -0.337. The molecule has 1 aromatic rings. The highest BCUT2D eigenvalue weighted by Gasteiger charge is 2.48. The van der Waals surface area contributed by atoms with Crippen molar-refractivity contribution in [2.24, 2.45) is 5.92 Å². The van der Waals surface area contributed by atoms with E-state index < -0.39 is 29.9 Å². The van der Waals surface area contributed by atoms with E-state index in [0.29, 0.717) is 31.4 Å². The normalized spacial score (nSPS) is 20.9. The molecule has 0 bridgehead atoms. The average molecular weight is 423 g/mol. The summed E-state index contributed by atoms with van der Waals surface area (Å²) in [6, 6.07) is 6.14. The van der Waals surface area contributed by atoms with Crippen molar-refractivity contribution < 1.29 is 33.0 Å². The molecule has 166 valence electrons. The van der Waals surface area contributed by atoms with Gasteiger partial charge in [-0.1, -0.05) is 25.7 Å². The Kier molecular flexibility index (Phi) is 6.98. The number of carboxylic acid groups (broad SMARTS) is 1. The van der Waals surface area contributed by atoms with Crippen molar-refractivity contribution in [1.82, 2.24) is 0 Å². The molecule has 0 saturated heterocycles. The first-order valence-corrected chi connectivity index (χ1v) is 10.8. The summed E-state index contributed by atoms with van der Waals surface area (Å²) in [6.07, 6.45) is 6.38. The first-order valence-electron chi connectivity index (χ1n) is 10.8. The van der Waals surface area contributed by atoms with E-state index in [2.05, 4.69) is 6.92 Å². The molecule has 0 amide bonds. The number of carbonyl (C=O) groups is 2. The molecule has 2 fully saturated rings. The molecule has 0 N–H and O–H groups in total. The molecule has 2 saturated carbocycles. The molecule has 0 spiro atoms. The maximum atomic E-state index is 14.3. The smallest absolute Gasteiger partial charge is 0.338 e. The molecule has 0 aliphatic heterocycles. The van der Waals surface area contributed by atoms with Gasteiger partial charge in [0, 0.05) is 5.92 Å². The largest absolute Gasteiger partial charge is 0.544 e. The Hall–Kier alpha value is -2.18. The monoisotopic (exact) mass is 423 g/mol. The van der Waals surface area contributed by atoms with Gasteiger partial charge in [-0.05, 0) is 69.7 Å². The number of esters is 1. The Morgan fingerprint density at radius 3 is 2.17 bits per heavy atom. The van der Waals surface area contributed by atoms with E-state index in [1.807, 2.05) is 0 Å². The van der Waals surface area contributed by atoms with Crippen LogP contribution in [0, 0.1) is 5.92 Å². The topological polar surface area (TPSA) is 75.7 Å². The SMILES string of the molecule is CC1(Oc2ccc(C(=O)OC(C3CCCCC3)C(F)(F)C(=O)[O-])cc2)CCCCC1. The predicted octanol–water partition coefficient (Wildman–Crippen LogP) is 4.28. The second-order valence-electron chi connectivity index (χ2n) is 8.77. The van der Waals surface area contributed by atoms with Crippen molar-refractivity contribution in [3.05, 3.63) is 29.8 Å². The third-order valence-corrected chi connectivity index (χ3v) is 6.31. The maximum absolute atomic E-state index is 14.3. The van der Waals surface area contributed by atoms with Gasteiger partial charge in [-0.25, -0.2) is 4.79 Å². The molecule has 7 heteroatoms. The van der Waals surface area contributed by atoms with Crippen LogP contribution >= 0.6 is 0 Å². The van der Waals surface area contributed by atoms with Gasteiger partial charge in [-0.15, -0.1) is 0 Å². The first-order chi connectivity index (χ1) is 14.2. The summed E-state index contributed by atoms with van der Waals surface area (Å²) in [7, 11) is 0. The zero-order chi connectivity index (χ0) is 21.8. The van der Waals surface area contributed by atoms with Crippen LogP contribution in [0.25, 0.3) is 0 Å². The molecular formula is C23H29F2O5-. The summed E-state index contributed by atoms with van der Waals surface area (Å²) in [5.41, 5.74) is -0.172. The summed E-state index contributed by atoms with van der Waals surface area (Å²) >= 11 is 0. The Labute approximate surface area is 175 Å². The van der Waals surface area contributed by atoms with E-state index in [1.165, 1.54) is 18.6 Å². The molecule has 0 aromatic heterocycles. The summed E-state index contributed by atoms with van der Waals surface area (Å²) in [6.45, 7) is 2.06. The summed E-state index contributed by atoms with van der Waals surface area (Å²) in [5, 5.41) is 11.0. The predicted molar refractivity (Wildman–Crippen MR) is 104 cm³/mol. The number of ether oxygens (including phenoxy) is 2. The van der Waals surface area contributed by atoms with Crippen LogP contribution in [0.2, 0.25) is 0 Å². The third kappa shape index (κ3) is 5.29. The van der Waals surface area contributed by atoms with Crippen LogP contribution in [-0.2, 0) is 9.53 Å². The molecule has 2 aliphatic rings. The van der Waals surface area contributed by atoms with Gasteiger partial charge < -0.3 is 19.4 Å². The molecule has 30 heavy (non-hydrogen) atoms. The molecule has 0 heterocycles. The van der Waals surface area contributed by atoms with E-state index >= 15 is 0 Å². The Bertz CT molecular complexity index is 734. The highest BCUT2D eigenvalue weighted by atomic mass is 19.3. The number of carbonyl (C=O) groups excluding carboxylic acids is 2. The Morgan fingerprint density at radius 1 is 1.03 bits per heavy atom. The van der Waals surface area contributed by atoms with Gasteiger partial charge in [-0.3, -0.25) is 0 Å². The van der Waals surface area contributed by atoms with Gasteiger partial charge in [-0.2, -0.15) is 8.78 Å². The van der Waals surface area contributed by atoms with Crippen LogP contribution in [0.5, 0.6) is 5.75 Å². The number of halogens is 2. The zero-order valence-corrected chi connectivity index (χ0v) is 17.3. The Balaban J connectivity index is 1.69. The van der Waals surface area contributed by atoms with Crippen LogP contribution in [0.1, 0.15) is 81.5 Å². The molecule has 5 nitrogen and oxygen atoms in total. The lowest BCUT2D eigenvalue weighted by atomic mass is 9.83. The number of carboxylic acids is 1. The lowest BCUT2D eigenvalue weighted by Gasteiger charge is -2.35. The van der Waals surface area contributed by atoms with E-state index in [-0.39, 0.29) is 11.2 Å². The van der Waals surface area contributed by atoms with Crippen molar-refractivity contribution in [3.63, 3.8) is 0 Å². The minimum Gasteiger partial charge on any atom is -0.544 e. The second-order valence-corrected chi connectivity index (χ2v) is 8.77. The van der Waals surface area contributed by atoms with Crippen LogP contribution in [-0.4, -0.2) is 29.6 Å². The van der Waals surface area contributed by atoms with Gasteiger partial charge >= 0.3 is 11.9 Å². The van der Waals surface area contributed by atoms with E-state index in [1.54, 1.807) is 12.1 Å². The van der Waals surface area contributed by atoms with Crippen molar-refractivity contribution in [1.29, 1.82) is 0 Å². The van der Waals surface area contributed by atoms with Crippen molar-refractivity contribution in [2.45, 2.75) is 88.8 Å². The van der Waals surface area contributed by atoms with Gasteiger partial charge in [0.15, 0.2) is 6.10 Å². The fourth-order valence-electron chi connectivity index (χ4n) is 4.55. The molecule has 3 rings (SSSR count).